The Labute approximate surface area is 153 Å². The molecule has 1 fully saturated rings. The predicted octanol–water partition coefficient (Wildman–Crippen LogP) is 0.986. The van der Waals surface area contributed by atoms with Crippen molar-refractivity contribution in [2.45, 2.75) is 17.9 Å². The van der Waals surface area contributed by atoms with Crippen molar-refractivity contribution < 1.29 is 17.9 Å². The van der Waals surface area contributed by atoms with Crippen molar-refractivity contribution in [1.82, 2.24) is 19.0 Å². The lowest BCUT2D eigenvalue weighted by molar-refractivity contribution is -0.135. The predicted molar refractivity (Wildman–Crippen MR) is 95.3 cm³/mol. The van der Waals surface area contributed by atoms with Crippen molar-refractivity contribution in [2.75, 3.05) is 33.3 Å². The van der Waals surface area contributed by atoms with Crippen LogP contribution in [0.5, 0.6) is 5.75 Å². The minimum Gasteiger partial charge on any atom is -0.497 e. The van der Waals surface area contributed by atoms with E-state index in [0.717, 1.165) is 0 Å². The Morgan fingerprint density at radius 2 is 1.81 bits per heavy atom. The second kappa shape index (κ2) is 7.46. The third-order valence-electron chi connectivity index (χ3n) is 4.53. The summed E-state index contributed by atoms with van der Waals surface area (Å²) < 4.78 is 33.6. The third kappa shape index (κ3) is 3.58. The molecule has 2 heterocycles. The van der Waals surface area contributed by atoms with E-state index in [0.29, 0.717) is 18.8 Å². The fraction of sp³-hybridized carbons (Fsp3) is 0.412. The second-order valence-corrected chi connectivity index (χ2v) is 8.00. The fourth-order valence-corrected chi connectivity index (χ4v) is 4.35. The number of amides is 1. The minimum absolute atomic E-state index is 0.0600. The Bertz CT molecular complexity index is 841. The van der Waals surface area contributed by atoms with Crippen molar-refractivity contribution in [1.29, 1.82) is 0 Å². The highest BCUT2D eigenvalue weighted by atomic mass is 32.2. The summed E-state index contributed by atoms with van der Waals surface area (Å²) in [5.41, 5.74) is 0. The molecule has 9 heteroatoms. The van der Waals surface area contributed by atoms with Gasteiger partial charge in [-0.15, -0.1) is 0 Å². The van der Waals surface area contributed by atoms with Gasteiger partial charge in [-0.25, -0.2) is 8.42 Å². The number of aromatic nitrogens is 2. The number of methoxy groups -OCH3 is 1. The number of nitrogens with zero attached hydrogens (tertiary/aromatic N) is 4. The summed E-state index contributed by atoms with van der Waals surface area (Å²) in [6, 6.07) is 7.67. The number of benzene rings is 1. The number of carbonyl (C=O) groups excluding carboxylic acids is 1. The second-order valence-electron chi connectivity index (χ2n) is 6.07. The largest absolute Gasteiger partial charge is 0.497 e. The smallest absolute Gasteiger partial charge is 0.247 e. The number of carbonyl (C=O) groups is 1. The quantitative estimate of drug-likeness (QED) is 0.775. The Morgan fingerprint density at radius 1 is 1.15 bits per heavy atom. The Morgan fingerprint density at radius 3 is 2.35 bits per heavy atom. The highest BCUT2D eigenvalue weighted by molar-refractivity contribution is 7.89. The maximum Gasteiger partial charge on any atom is 0.247 e. The van der Waals surface area contributed by atoms with Crippen molar-refractivity contribution in [2.24, 2.45) is 0 Å². The highest BCUT2D eigenvalue weighted by Crippen LogP contribution is 2.21. The summed E-state index contributed by atoms with van der Waals surface area (Å²) in [5.74, 6) is 0.544. The first-order valence-corrected chi connectivity index (χ1v) is 9.79. The van der Waals surface area contributed by atoms with Gasteiger partial charge in [-0.1, -0.05) is 0 Å². The van der Waals surface area contributed by atoms with E-state index in [4.69, 9.17) is 4.74 Å². The van der Waals surface area contributed by atoms with Gasteiger partial charge in [0.25, 0.3) is 0 Å². The van der Waals surface area contributed by atoms with E-state index >= 15 is 0 Å². The molecule has 1 unspecified atom stereocenters. The van der Waals surface area contributed by atoms with E-state index in [-0.39, 0.29) is 23.9 Å². The monoisotopic (exact) mass is 378 g/mol. The zero-order valence-corrected chi connectivity index (χ0v) is 15.6. The minimum atomic E-state index is -3.58. The van der Waals surface area contributed by atoms with Gasteiger partial charge in [0.15, 0.2) is 0 Å². The molecule has 0 radical (unpaired) electrons. The molecule has 1 amide bonds. The van der Waals surface area contributed by atoms with Crippen LogP contribution in [0.1, 0.15) is 13.0 Å². The molecule has 1 atom stereocenters. The normalized spacial score (nSPS) is 17.1. The number of rotatable bonds is 5. The third-order valence-corrected chi connectivity index (χ3v) is 6.44. The van der Waals surface area contributed by atoms with Crippen LogP contribution in [0.4, 0.5) is 0 Å². The zero-order valence-electron chi connectivity index (χ0n) is 14.8. The average Bonchev–Trinajstić information content (AvgIpc) is 3.21. The van der Waals surface area contributed by atoms with Gasteiger partial charge in [-0.05, 0) is 37.3 Å². The summed E-state index contributed by atoms with van der Waals surface area (Å²) in [6.45, 7) is 3.05. The van der Waals surface area contributed by atoms with E-state index in [1.54, 1.807) is 47.1 Å². The molecule has 3 rings (SSSR count). The lowest BCUT2D eigenvalue weighted by Gasteiger charge is -2.35. The molecule has 1 aromatic carbocycles. The first kappa shape index (κ1) is 18.4. The number of hydrogen-bond acceptors (Lipinski definition) is 5. The number of piperazine rings is 1. The van der Waals surface area contributed by atoms with Gasteiger partial charge >= 0.3 is 0 Å². The van der Waals surface area contributed by atoms with Crippen LogP contribution in [0.15, 0.2) is 47.6 Å². The van der Waals surface area contributed by atoms with Crippen LogP contribution >= 0.6 is 0 Å². The molecule has 1 aliphatic heterocycles. The number of ether oxygens (including phenoxy) is 1. The molecule has 2 aromatic rings. The van der Waals surface area contributed by atoms with E-state index in [1.807, 2.05) is 0 Å². The molecule has 140 valence electrons. The lowest BCUT2D eigenvalue weighted by Crippen LogP contribution is -2.51. The molecule has 0 saturated carbocycles. The van der Waals surface area contributed by atoms with Crippen LogP contribution in [0.3, 0.4) is 0 Å². The van der Waals surface area contributed by atoms with Crippen molar-refractivity contribution in [3.8, 4) is 5.75 Å². The first-order chi connectivity index (χ1) is 12.4. The Kier molecular flexibility index (Phi) is 5.28. The van der Waals surface area contributed by atoms with Crippen molar-refractivity contribution in [3.63, 3.8) is 0 Å². The molecule has 0 aliphatic carbocycles. The van der Waals surface area contributed by atoms with Gasteiger partial charge in [0, 0.05) is 38.6 Å². The van der Waals surface area contributed by atoms with Crippen LogP contribution in [0, 0.1) is 0 Å². The van der Waals surface area contributed by atoms with Crippen LogP contribution in [0.2, 0.25) is 0 Å². The molecule has 1 aliphatic rings. The number of sulfonamides is 1. The van der Waals surface area contributed by atoms with Gasteiger partial charge in [0.1, 0.15) is 11.8 Å². The van der Waals surface area contributed by atoms with Gasteiger partial charge in [-0.2, -0.15) is 9.40 Å². The molecule has 0 bridgehead atoms. The molecule has 1 saturated heterocycles. The van der Waals surface area contributed by atoms with Crippen molar-refractivity contribution in [3.05, 3.63) is 42.7 Å². The molecular formula is C17H22N4O4S. The molecule has 8 nitrogen and oxygen atoms in total. The fourth-order valence-electron chi connectivity index (χ4n) is 2.93. The summed E-state index contributed by atoms with van der Waals surface area (Å²) in [7, 11) is -2.05. The van der Waals surface area contributed by atoms with Crippen LogP contribution < -0.4 is 4.74 Å². The molecule has 26 heavy (non-hydrogen) atoms. The zero-order chi connectivity index (χ0) is 18.7. The van der Waals surface area contributed by atoms with E-state index in [2.05, 4.69) is 5.10 Å². The molecule has 0 N–H and O–H groups in total. The first-order valence-electron chi connectivity index (χ1n) is 8.35. The van der Waals surface area contributed by atoms with Crippen LogP contribution in [-0.2, 0) is 14.8 Å². The molecular weight excluding hydrogens is 356 g/mol. The number of hydrogen-bond donors (Lipinski definition) is 0. The summed E-state index contributed by atoms with van der Waals surface area (Å²) in [5, 5.41) is 4.09. The van der Waals surface area contributed by atoms with Gasteiger partial charge < -0.3 is 9.64 Å². The lowest BCUT2D eigenvalue weighted by atomic mass is 10.2. The highest BCUT2D eigenvalue weighted by Gasteiger charge is 2.31. The van der Waals surface area contributed by atoms with Gasteiger partial charge in [-0.3, -0.25) is 9.48 Å². The van der Waals surface area contributed by atoms with E-state index in [1.165, 1.54) is 23.5 Å². The maximum absolute atomic E-state index is 12.8. The summed E-state index contributed by atoms with van der Waals surface area (Å²) >= 11 is 0. The average molecular weight is 378 g/mol. The maximum atomic E-state index is 12.8. The Hall–Kier alpha value is -2.39. The summed E-state index contributed by atoms with van der Waals surface area (Å²) in [6.07, 6.45) is 3.37. The van der Waals surface area contributed by atoms with Crippen LogP contribution in [0.25, 0.3) is 0 Å². The van der Waals surface area contributed by atoms with Gasteiger partial charge in [0.2, 0.25) is 15.9 Å². The van der Waals surface area contributed by atoms with E-state index < -0.39 is 16.1 Å². The van der Waals surface area contributed by atoms with Gasteiger partial charge in [0.05, 0.1) is 12.0 Å². The van der Waals surface area contributed by atoms with Crippen LogP contribution in [-0.4, -0.2) is 66.6 Å². The topological polar surface area (TPSA) is 84.7 Å². The molecule has 0 spiro atoms. The van der Waals surface area contributed by atoms with Crippen molar-refractivity contribution >= 4 is 15.9 Å². The van der Waals surface area contributed by atoms with E-state index in [9.17, 15) is 13.2 Å². The standard InChI is InChI=1S/C17H22N4O4S/c1-14(21-9-3-8-18-21)17(22)19-10-12-20(13-11-19)26(23,24)16-6-4-15(25-2)5-7-16/h3-9,14H,10-13H2,1-2H3. The molecule has 1 aromatic heterocycles. The summed E-state index contributed by atoms with van der Waals surface area (Å²) in [4.78, 5) is 14.5. The SMILES string of the molecule is COc1ccc(S(=O)(=O)N2CCN(C(=O)C(C)n3cccn3)CC2)cc1. The Balaban J connectivity index is 1.64.